The molecular formula is C14H21FN2O. The number of hydrogen-bond donors (Lipinski definition) is 1. The van der Waals surface area contributed by atoms with Crippen molar-refractivity contribution in [2.75, 3.05) is 39.4 Å². The van der Waals surface area contributed by atoms with Crippen molar-refractivity contribution in [2.24, 2.45) is 0 Å². The highest BCUT2D eigenvalue weighted by Gasteiger charge is 2.10. The summed E-state index contributed by atoms with van der Waals surface area (Å²) in [5, 5.41) is 3.42. The van der Waals surface area contributed by atoms with Gasteiger partial charge in [0.1, 0.15) is 5.82 Å². The summed E-state index contributed by atoms with van der Waals surface area (Å²) in [6, 6.07) is 6.96. The fourth-order valence-corrected chi connectivity index (χ4v) is 2.16. The zero-order valence-electron chi connectivity index (χ0n) is 10.9. The lowest BCUT2D eigenvalue weighted by atomic mass is 10.1. The molecule has 1 atom stereocenters. The van der Waals surface area contributed by atoms with E-state index < -0.39 is 0 Å². The molecule has 2 rings (SSSR count). The molecule has 0 spiro atoms. The Balaban J connectivity index is 1.72. The molecule has 1 aliphatic heterocycles. The average Bonchev–Trinajstić information content (AvgIpc) is 2.40. The van der Waals surface area contributed by atoms with Gasteiger partial charge in [-0.3, -0.25) is 4.90 Å². The Bertz CT molecular complexity index is 367. The van der Waals surface area contributed by atoms with Crippen molar-refractivity contribution in [3.63, 3.8) is 0 Å². The molecule has 0 aliphatic carbocycles. The van der Waals surface area contributed by atoms with Crippen molar-refractivity contribution in [3.05, 3.63) is 35.6 Å². The minimum absolute atomic E-state index is 0.172. The number of nitrogens with one attached hydrogen (secondary N) is 1. The Hall–Kier alpha value is -0.970. The Labute approximate surface area is 108 Å². The molecule has 0 amide bonds. The van der Waals surface area contributed by atoms with Crippen molar-refractivity contribution in [1.29, 1.82) is 0 Å². The average molecular weight is 252 g/mol. The normalized spacial score (nSPS) is 18.8. The first-order chi connectivity index (χ1) is 8.75. The van der Waals surface area contributed by atoms with E-state index in [-0.39, 0.29) is 11.9 Å². The zero-order chi connectivity index (χ0) is 12.8. The number of rotatable bonds is 5. The van der Waals surface area contributed by atoms with Crippen LogP contribution in [0.4, 0.5) is 4.39 Å². The SMILES string of the molecule is C[C@@H](NCCN1CCOCC1)c1cccc(F)c1. The molecule has 1 aromatic carbocycles. The van der Waals surface area contributed by atoms with Crippen LogP contribution < -0.4 is 5.32 Å². The van der Waals surface area contributed by atoms with E-state index in [1.54, 1.807) is 12.1 Å². The van der Waals surface area contributed by atoms with E-state index in [1.807, 2.05) is 6.07 Å². The third-order valence-corrected chi connectivity index (χ3v) is 3.33. The van der Waals surface area contributed by atoms with E-state index in [1.165, 1.54) is 6.07 Å². The van der Waals surface area contributed by atoms with Gasteiger partial charge in [0.2, 0.25) is 0 Å². The van der Waals surface area contributed by atoms with Crippen LogP contribution in [0.5, 0.6) is 0 Å². The largest absolute Gasteiger partial charge is 0.379 e. The summed E-state index contributed by atoms with van der Waals surface area (Å²) in [4.78, 5) is 2.38. The summed E-state index contributed by atoms with van der Waals surface area (Å²) in [5.74, 6) is -0.172. The summed E-state index contributed by atoms with van der Waals surface area (Å²) < 4.78 is 18.4. The Morgan fingerprint density at radius 3 is 2.89 bits per heavy atom. The standard InChI is InChI=1S/C14H21FN2O/c1-12(13-3-2-4-14(15)11-13)16-5-6-17-7-9-18-10-8-17/h2-4,11-12,16H,5-10H2,1H3/t12-/m1/s1. The van der Waals surface area contributed by atoms with Gasteiger partial charge < -0.3 is 10.1 Å². The third kappa shape index (κ3) is 4.05. The van der Waals surface area contributed by atoms with E-state index in [2.05, 4.69) is 17.1 Å². The lowest BCUT2D eigenvalue weighted by Crippen LogP contribution is -2.40. The maximum atomic E-state index is 13.1. The molecule has 1 heterocycles. The molecular weight excluding hydrogens is 231 g/mol. The van der Waals surface area contributed by atoms with E-state index in [4.69, 9.17) is 4.74 Å². The highest BCUT2D eigenvalue weighted by atomic mass is 19.1. The second kappa shape index (κ2) is 6.83. The molecule has 1 fully saturated rings. The molecule has 0 radical (unpaired) electrons. The number of benzene rings is 1. The smallest absolute Gasteiger partial charge is 0.123 e. The van der Waals surface area contributed by atoms with Crippen LogP contribution >= 0.6 is 0 Å². The number of ether oxygens (including phenoxy) is 1. The van der Waals surface area contributed by atoms with Crippen LogP contribution in [0.25, 0.3) is 0 Å². The summed E-state index contributed by atoms with van der Waals surface area (Å²) in [5.41, 5.74) is 0.997. The van der Waals surface area contributed by atoms with Crippen LogP contribution in [0.15, 0.2) is 24.3 Å². The van der Waals surface area contributed by atoms with Gasteiger partial charge in [-0.15, -0.1) is 0 Å². The molecule has 0 unspecified atom stereocenters. The predicted molar refractivity (Wildman–Crippen MR) is 70.1 cm³/mol. The molecule has 1 saturated heterocycles. The highest BCUT2D eigenvalue weighted by molar-refractivity contribution is 5.19. The van der Waals surface area contributed by atoms with E-state index in [0.717, 1.165) is 45.0 Å². The van der Waals surface area contributed by atoms with Crippen molar-refractivity contribution >= 4 is 0 Å². The molecule has 0 aromatic heterocycles. The molecule has 1 aromatic rings. The quantitative estimate of drug-likeness (QED) is 0.865. The van der Waals surface area contributed by atoms with Gasteiger partial charge in [0.05, 0.1) is 13.2 Å². The van der Waals surface area contributed by atoms with Gasteiger partial charge in [0, 0.05) is 32.2 Å². The van der Waals surface area contributed by atoms with Crippen LogP contribution in [0.3, 0.4) is 0 Å². The molecule has 1 aliphatic rings. The number of halogens is 1. The summed E-state index contributed by atoms with van der Waals surface area (Å²) in [7, 11) is 0. The molecule has 4 heteroatoms. The predicted octanol–water partition coefficient (Wildman–Crippen LogP) is 1.81. The van der Waals surface area contributed by atoms with Gasteiger partial charge in [-0.05, 0) is 24.6 Å². The Morgan fingerprint density at radius 2 is 2.17 bits per heavy atom. The van der Waals surface area contributed by atoms with Gasteiger partial charge in [0.25, 0.3) is 0 Å². The van der Waals surface area contributed by atoms with Crippen LogP contribution in [-0.4, -0.2) is 44.3 Å². The summed E-state index contributed by atoms with van der Waals surface area (Å²) in [6.45, 7) is 7.68. The Morgan fingerprint density at radius 1 is 1.39 bits per heavy atom. The summed E-state index contributed by atoms with van der Waals surface area (Å²) >= 11 is 0. The van der Waals surface area contributed by atoms with Gasteiger partial charge >= 0.3 is 0 Å². The first kappa shape index (κ1) is 13.5. The third-order valence-electron chi connectivity index (χ3n) is 3.33. The van der Waals surface area contributed by atoms with Crippen LogP contribution in [0.1, 0.15) is 18.5 Å². The maximum absolute atomic E-state index is 13.1. The van der Waals surface area contributed by atoms with Gasteiger partial charge in [-0.1, -0.05) is 12.1 Å². The van der Waals surface area contributed by atoms with Crippen LogP contribution in [0, 0.1) is 5.82 Å². The second-order valence-corrected chi connectivity index (χ2v) is 4.68. The second-order valence-electron chi connectivity index (χ2n) is 4.68. The molecule has 100 valence electrons. The van der Waals surface area contributed by atoms with Crippen molar-refractivity contribution in [3.8, 4) is 0 Å². The minimum atomic E-state index is -0.172. The number of hydrogen-bond acceptors (Lipinski definition) is 3. The van der Waals surface area contributed by atoms with Gasteiger partial charge in [-0.25, -0.2) is 4.39 Å². The van der Waals surface area contributed by atoms with Crippen LogP contribution in [0.2, 0.25) is 0 Å². The molecule has 18 heavy (non-hydrogen) atoms. The van der Waals surface area contributed by atoms with Gasteiger partial charge in [0.15, 0.2) is 0 Å². The first-order valence-corrected chi connectivity index (χ1v) is 6.54. The summed E-state index contributed by atoms with van der Waals surface area (Å²) in [6.07, 6.45) is 0. The van der Waals surface area contributed by atoms with E-state index in [0.29, 0.717) is 0 Å². The van der Waals surface area contributed by atoms with Crippen molar-refractivity contribution < 1.29 is 9.13 Å². The fraction of sp³-hybridized carbons (Fsp3) is 0.571. The van der Waals surface area contributed by atoms with Gasteiger partial charge in [-0.2, -0.15) is 0 Å². The topological polar surface area (TPSA) is 24.5 Å². The Kier molecular flexibility index (Phi) is 5.11. The van der Waals surface area contributed by atoms with Crippen LogP contribution in [-0.2, 0) is 4.74 Å². The molecule has 0 bridgehead atoms. The fourth-order valence-electron chi connectivity index (χ4n) is 2.16. The zero-order valence-corrected chi connectivity index (χ0v) is 10.9. The maximum Gasteiger partial charge on any atom is 0.123 e. The number of morpholine rings is 1. The van der Waals surface area contributed by atoms with Crippen molar-refractivity contribution in [1.82, 2.24) is 10.2 Å². The lowest BCUT2D eigenvalue weighted by Gasteiger charge is -2.27. The van der Waals surface area contributed by atoms with Crippen molar-refractivity contribution in [2.45, 2.75) is 13.0 Å². The first-order valence-electron chi connectivity index (χ1n) is 6.54. The highest BCUT2D eigenvalue weighted by Crippen LogP contribution is 2.12. The molecule has 3 nitrogen and oxygen atoms in total. The minimum Gasteiger partial charge on any atom is -0.379 e. The molecule has 0 saturated carbocycles. The lowest BCUT2D eigenvalue weighted by molar-refractivity contribution is 0.0382. The molecule has 1 N–H and O–H groups in total. The number of nitrogens with zero attached hydrogens (tertiary/aromatic N) is 1. The monoisotopic (exact) mass is 252 g/mol. The van der Waals surface area contributed by atoms with E-state index in [9.17, 15) is 4.39 Å². The van der Waals surface area contributed by atoms with E-state index >= 15 is 0 Å².